The molecule has 1 aromatic heterocycles. The number of amides is 1. The zero-order valence-corrected chi connectivity index (χ0v) is 23.8. The number of aromatic nitrogens is 2. The number of piperidine rings is 1. The van der Waals surface area contributed by atoms with E-state index in [9.17, 15) is 9.59 Å². The fourth-order valence-electron chi connectivity index (χ4n) is 5.88. The topological polar surface area (TPSA) is 130 Å². The number of carbonyl (C=O) groups excluding carboxylic acids is 1. The number of hydrogen-bond acceptors (Lipinski definition) is 10. The average Bonchev–Trinajstić information content (AvgIpc) is 2.96. The third-order valence-electron chi connectivity index (χ3n) is 8.39. The molecule has 5 rings (SSSR count). The monoisotopic (exact) mass is 554 g/mol. The predicted molar refractivity (Wildman–Crippen MR) is 156 cm³/mol. The van der Waals surface area contributed by atoms with Gasteiger partial charge in [-0.3, -0.25) is 19.1 Å². The minimum absolute atomic E-state index is 0.118. The van der Waals surface area contributed by atoms with E-state index in [4.69, 9.17) is 15.2 Å². The van der Waals surface area contributed by atoms with Gasteiger partial charge >= 0.3 is 0 Å². The first-order valence-electron chi connectivity index (χ1n) is 14.2. The zero-order chi connectivity index (χ0) is 28.2. The summed E-state index contributed by atoms with van der Waals surface area (Å²) in [6.07, 6.45) is 3.85. The van der Waals surface area contributed by atoms with Crippen molar-refractivity contribution in [3.63, 3.8) is 0 Å². The Bertz CT molecular complexity index is 1250. The summed E-state index contributed by atoms with van der Waals surface area (Å²) >= 11 is 0. The maximum Gasteiger partial charge on any atom is 0.269 e. The van der Waals surface area contributed by atoms with Gasteiger partial charge in [0.15, 0.2) is 5.82 Å². The lowest BCUT2D eigenvalue weighted by Crippen LogP contribution is -2.52. The van der Waals surface area contributed by atoms with E-state index in [1.54, 1.807) is 14.2 Å². The number of likely N-dealkylation sites (N-methyl/N-ethyl adjacent to an activating group) is 1. The number of nitrogens with one attached hydrogen (secondary N) is 2. The van der Waals surface area contributed by atoms with Gasteiger partial charge in [-0.1, -0.05) is 0 Å². The molecule has 0 bridgehead atoms. The Balaban J connectivity index is 1.32. The minimum atomic E-state index is -0.833. The van der Waals surface area contributed by atoms with Crippen LogP contribution in [0.4, 0.5) is 23.1 Å². The van der Waals surface area contributed by atoms with Crippen molar-refractivity contribution < 1.29 is 14.3 Å². The summed E-state index contributed by atoms with van der Waals surface area (Å²) in [5, 5.41) is 6.49. The van der Waals surface area contributed by atoms with Crippen molar-refractivity contribution in [2.75, 3.05) is 82.2 Å². The molecule has 1 aromatic carbocycles. The van der Waals surface area contributed by atoms with Crippen LogP contribution < -0.4 is 31.6 Å². The number of anilines is 4. The van der Waals surface area contributed by atoms with Crippen LogP contribution in [0, 0.1) is 0 Å². The molecule has 0 atom stereocenters. The number of methoxy groups -OCH3 is 1. The molecule has 3 aliphatic heterocycles. The molecule has 0 saturated carbocycles. The molecular weight excluding hydrogens is 512 g/mol. The zero-order valence-electron chi connectivity index (χ0n) is 23.8. The van der Waals surface area contributed by atoms with Gasteiger partial charge in [0.1, 0.15) is 11.3 Å². The summed E-state index contributed by atoms with van der Waals surface area (Å²) in [5.74, 6) is 0.372. The molecule has 12 heteroatoms. The SMILES string of the molecule is COc1cc(Nc2nc(NC3CCOCC3)n(C)c(=O)c2C(N)=O)ccc1N1CCC(N2CCN(C)CC2)CC1. The quantitative estimate of drug-likeness (QED) is 0.441. The van der Waals surface area contributed by atoms with E-state index < -0.39 is 11.5 Å². The fraction of sp³-hybridized carbons (Fsp3) is 0.607. The van der Waals surface area contributed by atoms with E-state index in [0.717, 1.165) is 70.6 Å². The van der Waals surface area contributed by atoms with E-state index in [-0.39, 0.29) is 17.4 Å². The maximum atomic E-state index is 13.1. The second-order valence-electron chi connectivity index (χ2n) is 11.0. The van der Waals surface area contributed by atoms with E-state index in [2.05, 4.69) is 37.4 Å². The Morgan fingerprint density at radius 2 is 1.75 bits per heavy atom. The van der Waals surface area contributed by atoms with Crippen LogP contribution in [0.1, 0.15) is 36.0 Å². The maximum absolute atomic E-state index is 13.1. The summed E-state index contributed by atoms with van der Waals surface area (Å²) in [6.45, 7) is 7.77. The summed E-state index contributed by atoms with van der Waals surface area (Å²) in [6, 6.07) is 6.56. The summed E-state index contributed by atoms with van der Waals surface area (Å²) in [5.41, 5.74) is 6.59. The Morgan fingerprint density at radius 1 is 1.05 bits per heavy atom. The number of primary amides is 1. The highest BCUT2D eigenvalue weighted by atomic mass is 16.5. The van der Waals surface area contributed by atoms with Crippen LogP contribution in [0.5, 0.6) is 5.75 Å². The second kappa shape index (κ2) is 12.4. The van der Waals surface area contributed by atoms with Gasteiger partial charge in [-0.25, -0.2) is 0 Å². The highest BCUT2D eigenvalue weighted by molar-refractivity contribution is 5.98. The van der Waals surface area contributed by atoms with Gasteiger partial charge in [-0.15, -0.1) is 0 Å². The van der Waals surface area contributed by atoms with Crippen molar-refractivity contribution in [2.45, 2.75) is 37.8 Å². The first-order chi connectivity index (χ1) is 19.3. The molecule has 0 spiro atoms. The smallest absolute Gasteiger partial charge is 0.269 e. The molecule has 0 radical (unpaired) electrons. The molecule has 4 N–H and O–H groups in total. The fourth-order valence-corrected chi connectivity index (χ4v) is 5.88. The molecule has 0 aliphatic carbocycles. The number of hydrogen-bond donors (Lipinski definition) is 3. The lowest BCUT2D eigenvalue weighted by atomic mass is 10.0. The lowest BCUT2D eigenvalue weighted by Gasteiger charge is -2.42. The van der Waals surface area contributed by atoms with Gasteiger partial charge in [0.05, 0.1) is 12.8 Å². The normalized spacial score (nSPS) is 19.9. The molecule has 4 heterocycles. The number of benzene rings is 1. The first-order valence-corrected chi connectivity index (χ1v) is 14.2. The van der Waals surface area contributed by atoms with Crippen LogP contribution in [0.15, 0.2) is 23.0 Å². The van der Waals surface area contributed by atoms with Crippen LogP contribution in [0.3, 0.4) is 0 Å². The van der Waals surface area contributed by atoms with Gasteiger partial charge in [0.25, 0.3) is 11.5 Å². The Kier molecular flexibility index (Phi) is 8.77. The first kappa shape index (κ1) is 28.2. The van der Waals surface area contributed by atoms with E-state index in [1.807, 2.05) is 18.2 Å². The highest BCUT2D eigenvalue weighted by Gasteiger charge is 2.28. The summed E-state index contributed by atoms with van der Waals surface area (Å²) < 4.78 is 12.5. The van der Waals surface area contributed by atoms with Crippen molar-refractivity contribution in [1.82, 2.24) is 19.4 Å². The standard InChI is InChI=1S/C28H42N8O4/c1-33-12-14-35(15-13-33)21-6-10-36(11-7-21)22-5-4-20(18-23(22)39-3)30-26-24(25(29)37)27(38)34(2)28(32-26)31-19-8-16-40-17-9-19/h4-5,18-19,21,30H,6-17H2,1-3H3,(H2,29,37)(H,31,32). The van der Waals surface area contributed by atoms with Crippen molar-refractivity contribution in [1.29, 1.82) is 0 Å². The van der Waals surface area contributed by atoms with Gasteiger partial charge in [0.2, 0.25) is 5.95 Å². The Labute approximate surface area is 235 Å². The largest absolute Gasteiger partial charge is 0.495 e. The van der Waals surface area contributed by atoms with E-state index in [1.165, 1.54) is 4.57 Å². The Hall–Kier alpha value is -3.35. The third kappa shape index (κ3) is 6.18. The number of carbonyl (C=O) groups is 1. The van der Waals surface area contributed by atoms with Crippen LogP contribution >= 0.6 is 0 Å². The van der Waals surface area contributed by atoms with Gasteiger partial charge < -0.3 is 35.6 Å². The average molecular weight is 555 g/mol. The molecule has 3 fully saturated rings. The molecule has 3 saturated heterocycles. The second-order valence-corrected chi connectivity index (χ2v) is 11.0. The molecule has 12 nitrogen and oxygen atoms in total. The molecular formula is C28H42N8O4. The third-order valence-corrected chi connectivity index (χ3v) is 8.39. The van der Waals surface area contributed by atoms with Gasteiger partial charge in [-0.05, 0) is 44.9 Å². The Morgan fingerprint density at radius 3 is 2.40 bits per heavy atom. The number of nitrogens with zero attached hydrogens (tertiary/aromatic N) is 5. The van der Waals surface area contributed by atoms with E-state index in [0.29, 0.717) is 36.6 Å². The van der Waals surface area contributed by atoms with Crippen LogP contribution in [0.2, 0.25) is 0 Å². The number of nitrogens with two attached hydrogens (primary N) is 1. The summed E-state index contributed by atoms with van der Waals surface area (Å²) in [7, 11) is 5.43. The number of piperazine rings is 1. The van der Waals surface area contributed by atoms with E-state index >= 15 is 0 Å². The lowest BCUT2D eigenvalue weighted by molar-refractivity contribution is 0.0902. The van der Waals surface area contributed by atoms with Crippen LogP contribution in [-0.4, -0.2) is 104 Å². The minimum Gasteiger partial charge on any atom is -0.495 e. The van der Waals surface area contributed by atoms with Crippen molar-refractivity contribution in [3.8, 4) is 5.75 Å². The van der Waals surface area contributed by atoms with Crippen molar-refractivity contribution in [2.24, 2.45) is 12.8 Å². The van der Waals surface area contributed by atoms with Crippen molar-refractivity contribution in [3.05, 3.63) is 34.1 Å². The molecule has 0 unspecified atom stereocenters. The highest BCUT2D eigenvalue weighted by Crippen LogP contribution is 2.35. The molecule has 3 aliphatic rings. The van der Waals surface area contributed by atoms with Crippen LogP contribution in [-0.2, 0) is 11.8 Å². The molecule has 218 valence electrons. The number of rotatable bonds is 8. The molecule has 40 heavy (non-hydrogen) atoms. The van der Waals surface area contributed by atoms with Crippen molar-refractivity contribution >= 4 is 29.0 Å². The van der Waals surface area contributed by atoms with Gasteiger partial charge in [-0.2, -0.15) is 4.98 Å². The number of ether oxygens (including phenoxy) is 2. The van der Waals surface area contributed by atoms with Crippen LogP contribution in [0.25, 0.3) is 0 Å². The molecule has 2 aromatic rings. The summed E-state index contributed by atoms with van der Waals surface area (Å²) in [4.78, 5) is 37.4. The van der Waals surface area contributed by atoms with Gasteiger partial charge in [0, 0.05) is 83.4 Å². The molecule has 1 amide bonds. The predicted octanol–water partition coefficient (Wildman–Crippen LogP) is 1.44.